The number of rotatable bonds is 1. The highest BCUT2D eigenvalue weighted by Gasteiger charge is 2.72. The van der Waals surface area contributed by atoms with E-state index in [1.165, 1.54) is 0 Å². The zero-order valence-corrected chi connectivity index (χ0v) is 5.83. The van der Waals surface area contributed by atoms with Crippen LogP contribution in [0.2, 0.25) is 0 Å². The van der Waals surface area contributed by atoms with Gasteiger partial charge in [0.05, 0.1) is 11.3 Å². The lowest BCUT2D eigenvalue weighted by atomic mass is 10.1. The summed E-state index contributed by atoms with van der Waals surface area (Å²) in [6.45, 7) is 3.65. The summed E-state index contributed by atoms with van der Waals surface area (Å²) in [6.07, 6.45) is 0. The molecule has 1 unspecified atom stereocenters. The first-order valence-electron chi connectivity index (χ1n) is 3.50. The lowest BCUT2D eigenvalue weighted by Crippen LogP contribution is -2.25. The summed E-state index contributed by atoms with van der Waals surface area (Å²) in [5.41, 5.74) is -0.0104. The second kappa shape index (κ2) is 1.50. The highest BCUT2D eigenvalue weighted by atomic mass is 16.6. The standard InChI is InChI=1S/C6H10N2O2/c1-6-3-7-2-4(6)5(6)8(9)10/h4-5,7H,2-3H2,1H3/t4?,5-,6-/m1/s1. The molecule has 10 heavy (non-hydrogen) atoms. The molecular formula is C6H10N2O2. The molecule has 0 spiro atoms. The number of nitrogens with one attached hydrogen (secondary N) is 1. The van der Waals surface area contributed by atoms with Gasteiger partial charge < -0.3 is 5.32 Å². The summed E-state index contributed by atoms with van der Waals surface area (Å²) < 4.78 is 0. The second-order valence-electron chi connectivity index (χ2n) is 3.47. The summed E-state index contributed by atoms with van der Waals surface area (Å²) in [7, 11) is 0. The monoisotopic (exact) mass is 142 g/mol. The molecule has 1 aliphatic heterocycles. The van der Waals surface area contributed by atoms with E-state index in [2.05, 4.69) is 5.32 Å². The van der Waals surface area contributed by atoms with Gasteiger partial charge in [0.15, 0.2) is 0 Å². The maximum absolute atomic E-state index is 10.4. The third-order valence-electron chi connectivity index (χ3n) is 2.89. The minimum atomic E-state index is -0.256. The fourth-order valence-corrected chi connectivity index (χ4v) is 2.10. The Morgan fingerprint density at radius 2 is 2.50 bits per heavy atom. The minimum absolute atomic E-state index is 0.0104. The van der Waals surface area contributed by atoms with Gasteiger partial charge in [0.1, 0.15) is 0 Å². The molecule has 0 bridgehead atoms. The van der Waals surface area contributed by atoms with Crippen molar-refractivity contribution in [2.75, 3.05) is 13.1 Å². The smallest absolute Gasteiger partial charge is 0.225 e. The van der Waals surface area contributed by atoms with Gasteiger partial charge in [0.2, 0.25) is 6.04 Å². The summed E-state index contributed by atoms with van der Waals surface area (Å²) in [5, 5.41) is 13.5. The van der Waals surface area contributed by atoms with Crippen LogP contribution in [0.15, 0.2) is 0 Å². The molecule has 1 saturated carbocycles. The van der Waals surface area contributed by atoms with E-state index in [9.17, 15) is 10.1 Å². The Kier molecular flexibility index (Phi) is 0.916. The maximum atomic E-state index is 10.4. The van der Waals surface area contributed by atoms with Crippen molar-refractivity contribution in [1.82, 2.24) is 5.32 Å². The first-order chi connectivity index (χ1) is 4.66. The lowest BCUT2D eigenvalue weighted by molar-refractivity contribution is -0.505. The van der Waals surface area contributed by atoms with Gasteiger partial charge in [-0.3, -0.25) is 10.1 Å². The zero-order valence-electron chi connectivity index (χ0n) is 5.83. The Morgan fingerprint density at radius 1 is 1.80 bits per heavy atom. The van der Waals surface area contributed by atoms with Gasteiger partial charge in [-0.25, -0.2) is 0 Å². The highest BCUT2D eigenvalue weighted by Crippen LogP contribution is 2.55. The molecule has 1 heterocycles. The molecule has 1 N–H and O–H groups in total. The number of nitrogens with zero attached hydrogens (tertiary/aromatic N) is 1. The largest absolute Gasteiger partial charge is 0.315 e. The van der Waals surface area contributed by atoms with E-state index in [0.29, 0.717) is 5.92 Å². The van der Waals surface area contributed by atoms with Crippen LogP contribution in [-0.2, 0) is 0 Å². The van der Waals surface area contributed by atoms with Crippen molar-refractivity contribution in [3.05, 3.63) is 10.1 Å². The minimum Gasteiger partial charge on any atom is -0.315 e. The van der Waals surface area contributed by atoms with E-state index in [1.807, 2.05) is 6.92 Å². The van der Waals surface area contributed by atoms with Crippen molar-refractivity contribution in [3.63, 3.8) is 0 Å². The Morgan fingerprint density at radius 3 is 2.80 bits per heavy atom. The molecule has 4 heteroatoms. The average molecular weight is 142 g/mol. The molecule has 1 aliphatic carbocycles. The first kappa shape index (κ1) is 6.09. The quantitative estimate of drug-likeness (QED) is 0.410. The number of nitro groups is 1. The van der Waals surface area contributed by atoms with Crippen LogP contribution in [0.3, 0.4) is 0 Å². The summed E-state index contributed by atoms with van der Waals surface area (Å²) in [6, 6.07) is -0.256. The van der Waals surface area contributed by atoms with Crippen LogP contribution in [-0.4, -0.2) is 24.1 Å². The molecule has 2 fully saturated rings. The molecule has 0 aromatic heterocycles. The van der Waals surface area contributed by atoms with Crippen LogP contribution in [0.4, 0.5) is 0 Å². The first-order valence-corrected chi connectivity index (χ1v) is 3.50. The molecule has 1 saturated heterocycles. The predicted octanol–water partition coefficient (Wildman–Crippen LogP) is -0.129. The predicted molar refractivity (Wildman–Crippen MR) is 35.2 cm³/mol. The van der Waals surface area contributed by atoms with Crippen LogP contribution in [0, 0.1) is 21.4 Å². The van der Waals surface area contributed by atoms with Gasteiger partial charge in [-0.05, 0) is 0 Å². The van der Waals surface area contributed by atoms with Gasteiger partial charge in [0.25, 0.3) is 0 Å². The Balaban J connectivity index is 2.15. The molecule has 3 atom stereocenters. The molecule has 0 aromatic carbocycles. The highest BCUT2D eigenvalue weighted by molar-refractivity contribution is 5.15. The van der Waals surface area contributed by atoms with Gasteiger partial charge in [0, 0.05) is 18.0 Å². The second-order valence-corrected chi connectivity index (χ2v) is 3.47. The number of piperidine rings is 1. The van der Waals surface area contributed by atoms with Gasteiger partial charge in [-0.15, -0.1) is 0 Å². The van der Waals surface area contributed by atoms with E-state index in [1.54, 1.807) is 0 Å². The SMILES string of the molecule is C[C@@]12CNCC1[C@H]2[N+](=O)[O-]. The number of hydrogen-bond donors (Lipinski definition) is 1. The van der Waals surface area contributed by atoms with Crippen molar-refractivity contribution in [2.45, 2.75) is 13.0 Å². The van der Waals surface area contributed by atoms with E-state index < -0.39 is 0 Å². The van der Waals surface area contributed by atoms with Crippen molar-refractivity contribution in [1.29, 1.82) is 0 Å². The van der Waals surface area contributed by atoms with Crippen LogP contribution in [0.1, 0.15) is 6.92 Å². The molecule has 4 nitrogen and oxygen atoms in total. The fourth-order valence-electron chi connectivity index (χ4n) is 2.10. The van der Waals surface area contributed by atoms with E-state index in [4.69, 9.17) is 0 Å². The van der Waals surface area contributed by atoms with E-state index in [0.717, 1.165) is 13.1 Å². The third-order valence-corrected chi connectivity index (χ3v) is 2.89. The van der Waals surface area contributed by atoms with E-state index >= 15 is 0 Å². The molecular weight excluding hydrogens is 132 g/mol. The molecule has 56 valence electrons. The van der Waals surface area contributed by atoms with Crippen molar-refractivity contribution >= 4 is 0 Å². The Bertz CT molecular complexity index is 194. The molecule has 2 aliphatic rings. The van der Waals surface area contributed by atoms with Crippen LogP contribution in [0.25, 0.3) is 0 Å². The normalized spacial score (nSPS) is 50.5. The molecule has 0 aromatic rings. The van der Waals surface area contributed by atoms with Crippen molar-refractivity contribution in [3.8, 4) is 0 Å². The Hall–Kier alpha value is -0.640. The summed E-state index contributed by atoms with van der Waals surface area (Å²) in [5.74, 6) is 0.308. The van der Waals surface area contributed by atoms with Gasteiger partial charge >= 0.3 is 0 Å². The Labute approximate surface area is 58.8 Å². The van der Waals surface area contributed by atoms with Crippen molar-refractivity contribution in [2.24, 2.45) is 11.3 Å². The molecule has 0 radical (unpaired) electrons. The topological polar surface area (TPSA) is 55.2 Å². The van der Waals surface area contributed by atoms with E-state index in [-0.39, 0.29) is 16.4 Å². The molecule has 0 amide bonds. The zero-order chi connectivity index (χ0) is 7.35. The van der Waals surface area contributed by atoms with Gasteiger partial charge in [-0.1, -0.05) is 6.92 Å². The van der Waals surface area contributed by atoms with Gasteiger partial charge in [-0.2, -0.15) is 0 Å². The number of fused-ring (bicyclic) bond motifs is 1. The summed E-state index contributed by atoms with van der Waals surface area (Å²) in [4.78, 5) is 10.2. The lowest BCUT2D eigenvalue weighted by Gasteiger charge is -2.01. The number of hydrogen-bond acceptors (Lipinski definition) is 3. The van der Waals surface area contributed by atoms with Crippen LogP contribution < -0.4 is 5.32 Å². The third kappa shape index (κ3) is 0.502. The average Bonchev–Trinajstić information content (AvgIpc) is 2.22. The van der Waals surface area contributed by atoms with Crippen molar-refractivity contribution < 1.29 is 4.92 Å². The fraction of sp³-hybridized carbons (Fsp3) is 1.00. The van der Waals surface area contributed by atoms with Crippen LogP contribution in [0.5, 0.6) is 0 Å². The van der Waals surface area contributed by atoms with Crippen LogP contribution >= 0.6 is 0 Å². The summed E-state index contributed by atoms with van der Waals surface area (Å²) >= 11 is 0. The molecule has 2 rings (SSSR count). The maximum Gasteiger partial charge on any atom is 0.225 e.